The van der Waals surface area contributed by atoms with Gasteiger partial charge in [-0.1, -0.05) is 15.9 Å². The van der Waals surface area contributed by atoms with Crippen LogP contribution in [-0.2, 0) is 4.74 Å². The third kappa shape index (κ3) is 2.59. The number of aromatic nitrogens is 1. The van der Waals surface area contributed by atoms with Crippen molar-refractivity contribution in [3.63, 3.8) is 0 Å². The molecule has 0 bridgehead atoms. The summed E-state index contributed by atoms with van der Waals surface area (Å²) in [5.74, 6) is 0.0300. The van der Waals surface area contributed by atoms with E-state index >= 15 is 0 Å². The molecule has 0 aromatic carbocycles. The highest BCUT2D eigenvalue weighted by molar-refractivity contribution is 9.09. The van der Waals surface area contributed by atoms with Gasteiger partial charge < -0.3 is 9.64 Å². The summed E-state index contributed by atoms with van der Waals surface area (Å²) in [6, 6.07) is 3.56. The van der Waals surface area contributed by atoms with Gasteiger partial charge in [-0.05, 0) is 12.1 Å². The molecular formula is C11H13BrN2O2. The number of ether oxygens (including phenoxy) is 1. The summed E-state index contributed by atoms with van der Waals surface area (Å²) in [6.45, 7) is 1.89. The van der Waals surface area contributed by atoms with E-state index in [1.807, 2.05) is 4.90 Å². The summed E-state index contributed by atoms with van der Waals surface area (Å²) in [4.78, 5) is 17.8. The Morgan fingerprint density at radius 2 is 2.56 bits per heavy atom. The third-order valence-electron chi connectivity index (χ3n) is 2.51. The number of hydrogen-bond donors (Lipinski definition) is 0. The van der Waals surface area contributed by atoms with Gasteiger partial charge in [-0.2, -0.15) is 0 Å². The fraction of sp³-hybridized carbons (Fsp3) is 0.455. The predicted octanol–water partition coefficient (Wildman–Crippen LogP) is 1.32. The fourth-order valence-corrected chi connectivity index (χ4v) is 2.06. The van der Waals surface area contributed by atoms with E-state index in [0.717, 1.165) is 5.33 Å². The van der Waals surface area contributed by atoms with Crippen LogP contribution in [0.1, 0.15) is 10.4 Å². The van der Waals surface area contributed by atoms with E-state index in [1.54, 1.807) is 24.5 Å². The number of carbonyl (C=O) groups excluding carboxylic acids is 1. The molecule has 1 aliphatic rings. The molecule has 0 saturated carbocycles. The van der Waals surface area contributed by atoms with Crippen LogP contribution in [0.3, 0.4) is 0 Å². The van der Waals surface area contributed by atoms with Crippen LogP contribution < -0.4 is 0 Å². The Bertz CT molecular complexity index is 358. The van der Waals surface area contributed by atoms with Crippen LogP contribution >= 0.6 is 15.9 Å². The Morgan fingerprint density at radius 3 is 3.25 bits per heavy atom. The highest BCUT2D eigenvalue weighted by Crippen LogP contribution is 2.11. The van der Waals surface area contributed by atoms with E-state index in [2.05, 4.69) is 20.9 Å². The second-order valence-corrected chi connectivity index (χ2v) is 4.29. The van der Waals surface area contributed by atoms with Crippen LogP contribution in [0.5, 0.6) is 0 Å². The molecule has 1 fully saturated rings. The predicted molar refractivity (Wildman–Crippen MR) is 63.7 cm³/mol. The zero-order valence-corrected chi connectivity index (χ0v) is 10.4. The molecule has 1 aromatic rings. The lowest BCUT2D eigenvalue weighted by Gasteiger charge is -2.32. The molecule has 2 heterocycles. The zero-order chi connectivity index (χ0) is 11.4. The van der Waals surface area contributed by atoms with Gasteiger partial charge in [0, 0.05) is 30.8 Å². The molecule has 86 valence electrons. The van der Waals surface area contributed by atoms with E-state index in [9.17, 15) is 4.79 Å². The highest BCUT2D eigenvalue weighted by atomic mass is 79.9. The van der Waals surface area contributed by atoms with Crippen molar-refractivity contribution in [1.29, 1.82) is 0 Å². The van der Waals surface area contributed by atoms with Crippen LogP contribution in [0.15, 0.2) is 24.5 Å². The van der Waals surface area contributed by atoms with Crippen LogP contribution in [0, 0.1) is 0 Å². The van der Waals surface area contributed by atoms with Gasteiger partial charge in [0.1, 0.15) is 0 Å². The second kappa shape index (κ2) is 5.41. The van der Waals surface area contributed by atoms with Crippen molar-refractivity contribution in [2.45, 2.75) is 6.10 Å². The van der Waals surface area contributed by atoms with E-state index in [0.29, 0.717) is 25.3 Å². The second-order valence-electron chi connectivity index (χ2n) is 3.64. The van der Waals surface area contributed by atoms with Gasteiger partial charge >= 0.3 is 0 Å². The molecule has 0 spiro atoms. The minimum absolute atomic E-state index is 0.0300. The van der Waals surface area contributed by atoms with E-state index in [4.69, 9.17) is 4.74 Å². The molecular weight excluding hydrogens is 272 g/mol. The van der Waals surface area contributed by atoms with Crippen molar-refractivity contribution in [2.24, 2.45) is 0 Å². The summed E-state index contributed by atoms with van der Waals surface area (Å²) in [6.07, 6.45) is 3.35. The number of alkyl halides is 1. The molecule has 0 N–H and O–H groups in total. The molecule has 1 saturated heterocycles. The number of hydrogen-bond acceptors (Lipinski definition) is 3. The van der Waals surface area contributed by atoms with Crippen molar-refractivity contribution in [2.75, 3.05) is 25.0 Å². The maximum Gasteiger partial charge on any atom is 0.255 e. The SMILES string of the molecule is O=C(c1cccnc1)N1CCOC(CBr)C1. The Hall–Kier alpha value is -0.940. The lowest BCUT2D eigenvalue weighted by atomic mass is 10.2. The van der Waals surface area contributed by atoms with E-state index in [1.165, 1.54) is 0 Å². The Labute approximate surface area is 103 Å². The third-order valence-corrected chi connectivity index (χ3v) is 3.23. The van der Waals surface area contributed by atoms with Gasteiger partial charge in [-0.25, -0.2) is 0 Å². The number of rotatable bonds is 2. The normalized spacial score (nSPS) is 20.8. The molecule has 1 unspecified atom stereocenters. The molecule has 4 nitrogen and oxygen atoms in total. The van der Waals surface area contributed by atoms with Gasteiger partial charge in [0.2, 0.25) is 0 Å². The highest BCUT2D eigenvalue weighted by Gasteiger charge is 2.24. The molecule has 0 aliphatic carbocycles. The van der Waals surface area contributed by atoms with Crippen molar-refractivity contribution >= 4 is 21.8 Å². The average molecular weight is 285 g/mol. The Kier molecular flexibility index (Phi) is 3.90. The topological polar surface area (TPSA) is 42.4 Å². The van der Waals surface area contributed by atoms with Gasteiger partial charge in [0.05, 0.1) is 18.3 Å². The lowest BCUT2D eigenvalue weighted by molar-refractivity contribution is -0.00966. The fourth-order valence-electron chi connectivity index (χ4n) is 1.67. The standard InChI is InChI=1S/C11H13BrN2O2/c12-6-10-8-14(4-5-16-10)11(15)9-2-1-3-13-7-9/h1-3,7,10H,4-6,8H2. The first kappa shape index (κ1) is 11.5. The molecule has 2 rings (SSSR count). The quantitative estimate of drug-likeness (QED) is 0.770. The minimum atomic E-state index is 0.0300. The number of amides is 1. The van der Waals surface area contributed by atoms with Gasteiger partial charge in [-0.15, -0.1) is 0 Å². The molecule has 0 radical (unpaired) electrons. The van der Waals surface area contributed by atoms with Crippen molar-refractivity contribution in [3.8, 4) is 0 Å². The number of nitrogens with zero attached hydrogens (tertiary/aromatic N) is 2. The number of halogens is 1. The van der Waals surface area contributed by atoms with Gasteiger partial charge in [0.15, 0.2) is 0 Å². The molecule has 1 amide bonds. The number of morpholine rings is 1. The molecule has 5 heteroatoms. The first-order valence-electron chi connectivity index (χ1n) is 5.18. The van der Waals surface area contributed by atoms with Crippen LogP contribution in [0.2, 0.25) is 0 Å². The molecule has 1 aromatic heterocycles. The van der Waals surface area contributed by atoms with Crippen molar-refractivity contribution in [3.05, 3.63) is 30.1 Å². The molecule has 1 aliphatic heterocycles. The van der Waals surface area contributed by atoms with Crippen molar-refractivity contribution in [1.82, 2.24) is 9.88 Å². The van der Waals surface area contributed by atoms with Crippen LogP contribution in [0.25, 0.3) is 0 Å². The van der Waals surface area contributed by atoms with E-state index < -0.39 is 0 Å². The maximum atomic E-state index is 12.1. The van der Waals surface area contributed by atoms with Crippen LogP contribution in [0.4, 0.5) is 0 Å². The van der Waals surface area contributed by atoms with Crippen molar-refractivity contribution < 1.29 is 9.53 Å². The summed E-state index contributed by atoms with van der Waals surface area (Å²) < 4.78 is 5.49. The molecule has 16 heavy (non-hydrogen) atoms. The van der Waals surface area contributed by atoms with Gasteiger partial charge in [-0.3, -0.25) is 9.78 Å². The smallest absolute Gasteiger partial charge is 0.255 e. The summed E-state index contributed by atoms with van der Waals surface area (Å²) in [5, 5.41) is 0.754. The first-order chi connectivity index (χ1) is 7.81. The number of carbonyl (C=O) groups is 1. The summed E-state index contributed by atoms with van der Waals surface area (Å²) in [7, 11) is 0. The Balaban J connectivity index is 2.05. The zero-order valence-electron chi connectivity index (χ0n) is 8.80. The number of pyridine rings is 1. The van der Waals surface area contributed by atoms with E-state index in [-0.39, 0.29) is 12.0 Å². The maximum absolute atomic E-state index is 12.1. The monoisotopic (exact) mass is 284 g/mol. The summed E-state index contributed by atoms with van der Waals surface area (Å²) >= 11 is 3.37. The average Bonchev–Trinajstić information content (AvgIpc) is 2.39. The lowest BCUT2D eigenvalue weighted by Crippen LogP contribution is -2.46. The molecule has 1 atom stereocenters. The first-order valence-corrected chi connectivity index (χ1v) is 6.30. The Morgan fingerprint density at radius 1 is 1.69 bits per heavy atom. The minimum Gasteiger partial charge on any atom is -0.374 e. The van der Waals surface area contributed by atoms with Crippen LogP contribution in [-0.4, -0.2) is 46.9 Å². The largest absolute Gasteiger partial charge is 0.374 e. The summed E-state index contributed by atoms with van der Waals surface area (Å²) in [5.41, 5.74) is 0.637. The van der Waals surface area contributed by atoms with Gasteiger partial charge in [0.25, 0.3) is 5.91 Å².